The van der Waals surface area contributed by atoms with E-state index in [1.54, 1.807) is 0 Å². The molecule has 0 aromatic rings. The molecule has 0 aromatic carbocycles. The van der Waals surface area contributed by atoms with Gasteiger partial charge in [0.25, 0.3) is 0 Å². The fourth-order valence-electron chi connectivity index (χ4n) is 0.918. The summed E-state index contributed by atoms with van der Waals surface area (Å²) in [6, 6.07) is 0. The number of hydrogen-bond donors (Lipinski definition) is 0. The molecule has 1 unspecified atom stereocenters. The summed E-state index contributed by atoms with van der Waals surface area (Å²) in [7, 11) is 0. The minimum absolute atomic E-state index is 0.487. The monoisotopic (exact) mass is 196 g/mol. The fourth-order valence-corrected chi connectivity index (χ4v) is 1.88. The van der Waals surface area contributed by atoms with Crippen molar-refractivity contribution >= 4 is 11.8 Å². The van der Waals surface area contributed by atoms with Crippen molar-refractivity contribution < 1.29 is 0 Å². The molecule has 1 atom stereocenters. The lowest BCUT2D eigenvalue weighted by Gasteiger charge is -2.14. The summed E-state index contributed by atoms with van der Waals surface area (Å²) in [6.07, 6.45) is 6.34. The molecule has 0 spiro atoms. The maximum atomic E-state index is 3.99. The van der Waals surface area contributed by atoms with Crippen molar-refractivity contribution in [1.29, 1.82) is 0 Å². The molecule has 0 heterocycles. The molecule has 0 N–H and O–H groups in total. The van der Waals surface area contributed by atoms with E-state index in [1.165, 1.54) is 10.5 Å². The third-order valence-electron chi connectivity index (χ3n) is 1.93. The van der Waals surface area contributed by atoms with E-state index in [1.807, 2.05) is 18.7 Å². The van der Waals surface area contributed by atoms with E-state index in [-0.39, 0.29) is 0 Å². The summed E-state index contributed by atoms with van der Waals surface area (Å²) >= 11 is 1.90. The Labute approximate surface area is 86.8 Å². The van der Waals surface area contributed by atoms with Gasteiger partial charge in [-0.25, -0.2) is 0 Å². The van der Waals surface area contributed by atoms with Gasteiger partial charge >= 0.3 is 0 Å². The van der Waals surface area contributed by atoms with Crippen molar-refractivity contribution in [1.82, 2.24) is 0 Å². The topological polar surface area (TPSA) is 0 Å². The van der Waals surface area contributed by atoms with Gasteiger partial charge in [0.15, 0.2) is 0 Å². The Morgan fingerprint density at radius 2 is 2.15 bits per heavy atom. The first-order valence-corrected chi connectivity index (χ1v) is 5.73. The van der Waals surface area contributed by atoms with Gasteiger partial charge < -0.3 is 0 Å². The Hall–Kier alpha value is -0.430. The Bertz CT molecular complexity index is 211. The van der Waals surface area contributed by atoms with E-state index in [0.717, 1.165) is 5.75 Å². The predicted octanol–water partition coefficient (Wildman–Crippen LogP) is 4.41. The minimum Gasteiger partial charge on any atom is -0.130 e. The van der Waals surface area contributed by atoms with Crippen LogP contribution in [-0.4, -0.2) is 5.75 Å². The molecule has 0 saturated heterocycles. The highest BCUT2D eigenvalue weighted by atomic mass is 32.2. The fraction of sp³-hybridized carbons (Fsp3) is 0.500. The van der Waals surface area contributed by atoms with Crippen LogP contribution in [0.3, 0.4) is 0 Å². The molecular weight excluding hydrogens is 176 g/mol. The SMILES string of the molecule is C=C(C)C(C)/C(=C\C=C/C)SCC. The highest BCUT2D eigenvalue weighted by Gasteiger charge is 2.07. The molecule has 0 aliphatic rings. The lowest BCUT2D eigenvalue weighted by molar-refractivity contribution is 0.853. The van der Waals surface area contributed by atoms with Crippen molar-refractivity contribution in [2.45, 2.75) is 27.7 Å². The van der Waals surface area contributed by atoms with E-state index in [2.05, 4.69) is 45.6 Å². The molecule has 0 rings (SSSR count). The lowest BCUT2D eigenvalue weighted by atomic mass is 10.0. The van der Waals surface area contributed by atoms with Crippen LogP contribution in [0, 0.1) is 5.92 Å². The van der Waals surface area contributed by atoms with Gasteiger partial charge in [-0.2, -0.15) is 0 Å². The van der Waals surface area contributed by atoms with Gasteiger partial charge in [0, 0.05) is 5.92 Å². The Balaban J connectivity index is 4.49. The Morgan fingerprint density at radius 1 is 1.54 bits per heavy atom. The number of allylic oxidation sites excluding steroid dienone is 5. The molecule has 0 bridgehead atoms. The van der Waals surface area contributed by atoms with Gasteiger partial charge in [-0.15, -0.1) is 11.8 Å². The third kappa shape index (κ3) is 4.99. The highest BCUT2D eigenvalue weighted by Crippen LogP contribution is 2.28. The van der Waals surface area contributed by atoms with Gasteiger partial charge in [-0.05, 0) is 24.5 Å². The molecule has 74 valence electrons. The molecule has 0 fully saturated rings. The molecule has 0 radical (unpaired) electrons. The van der Waals surface area contributed by atoms with Gasteiger partial charge in [-0.3, -0.25) is 0 Å². The first-order chi connectivity index (χ1) is 6.13. The van der Waals surface area contributed by atoms with Crippen LogP contribution in [0.1, 0.15) is 27.7 Å². The maximum absolute atomic E-state index is 3.99. The molecule has 0 aliphatic heterocycles. The van der Waals surface area contributed by atoms with E-state index in [4.69, 9.17) is 0 Å². The molecule has 0 nitrogen and oxygen atoms in total. The average molecular weight is 196 g/mol. The zero-order valence-electron chi connectivity index (χ0n) is 9.13. The molecule has 0 amide bonds. The average Bonchev–Trinajstić information content (AvgIpc) is 2.11. The first kappa shape index (κ1) is 12.6. The number of thioether (sulfide) groups is 1. The summed E-state index contributed by atoms with van der Waals surface area (Å²) in [4.78, 5) is 1.41. The summed E-state index contributed by atoms with van der Waals surface area (Å²) in [5.74, 6) is 1.61. The van der Waals surface area contributed by atoms with Crippen LogP contribution in [0.2, 0.25) is 0 Å². The van der Waals surface area contributed by atoms with Crippen molar-refractivity contribution in [3.05, 3.63) is 35.3 Å². The summed E-state index contributed by atoms with van der Waals surface area (Å²) < 4.78 is 0. The largest absolute Gasteiger partial charge is 0.130 e. The van der Waals surface area contributed by atoms with Crippen LogP contribution in [-0.2, 0) is 0 Å². The lowest BCUT2D eigenvalue weighted by Crippen LogP contribution is -1.97. The van der Waals surface area contributed by atoms with Crippen LogP contribution in [0.25, 0.3) is 0 Å². The normalized spacial score (nSPS) is 14.9. The van der Waals surface area contributed by atoms with Gasteiger partial charge in [0.2, 0.25) is 0 Å². The third-order valence-corrected chi connectivity index (χ3v) is 3.04. The second-order valence-corrected chi connectivity index (χ2v) is 4.43. The van der Waals surface area contributed by atoms with Crippen molar-refractivity contribution in [2.24, 2.45) is 5.92 Å². The second kappa shape index (κ2) is 7.02. The van der Waals surface area contributed by atoms with Crippen LogP contribution >= 0.6 is 11.8 Å². The van der Waals surface area contributed by atoms with Crippen LogP contribution < -0.4 is 0 Å². The zero-order chi connectivity index (χ0) is 10.3. The number of hydrogen-bond acceptors (Lipinski definition) is 1. The van der Waals surface area contributed by atoms with Gasteiger partial charge in [-0.1, -0.05) is 44.2 Å². The van der Waals surface area contributed by atoms with E-state index >= 15 is 0 Å². The van der Waals surface area contributed by atoms with Gasteiger partial charge in [0.05, 0.1) is 0 Å². The van der Waals surface area contributed by atoms with Crippen molar-refractivity contribution in [2.75, 3.05) is 5.75 Å². The Morgan fingerprint density at radius 3 is 2.54 bits per heavy atom. The van der Waals surface area contributed by atoms with Gasteiger partial charge in [0.1, 0.15) is 0 Å². The van der Waals surface area contributed by atoms with E-state index < -0.39 is 0 Å². The van der Waals surface area contributed by atoms with Crippen LogP contribution in [0.15, 0.2) is 35.3 Å². The first-order valence-electron chi connectivity index (χ1n) is 4.74. The smallest absolute Gasteiger partial charge is 0.00742 e. The summed E-state index contributed by atoms with van der Waals surface area (Å²) in [5, 5.41) is 0. The van der Waals surface area contributed by atoms with Crippen molar-refractivity contribution in [3.63, 3.8) is 0 Å². The molecule has 1 heteroatoms. The molecular formula is C12H20S. The second-order valence-electron chi connectivity index (χ2n) is 3.10. The minimum atomic E-state index is 0.487. The number of rotatable bonds is 5. The van der Waals surface area contributed by atoms with Crippen LogP contribution in [0.5, 0.6) is 0 Å². The molecule has 0 aromatic heterocycles. The zero-order valence-corrected chi connectivity index (χ0v) is 9.95. The predicted molar refractivity (Wildman–Crippen MR) is 65.0 cm³/mol. The quantitative estimate of drug-likeness (QED) is 0.463. The molecule has 0 saturated carbocycles. The summed E-state index contributed by atoms with van der Waals surface area (Å²) in [5.41, 5.74) is 1.23. The van der Waals surface area contributed by atoms with E-state index in [0.29, 0.717) is 5.92 Å². The maximum Gasteiger partial charge on any atom is 0.00742 e. The van der Waals surface area contributed by atoms with Crippen molar-refractivity contribution in [3.8, 4) is 0 Å². The Kier molecular flexibility index (Phi) is 6.79. The molecule has 13 heavy (non-hydrogen) atoms. The summed E-state index contributed by atoms with van der Waals surface area (Å²) in [6.45, 7) is 12.5. The molecule has 0 aliphatic carbocycles. The standard InChI is InChI=1S/C12H20S/c1-6-8-9-12(13-7-2)11(5)10(3)4/h6,8-9,11H,3,7H2,1-2,4-5H3/b8-6-,12-9+. The van der Waals surface area contributed by atoms with E-state index in [9.17, 15) is 0 Å². The van der Waals surface area contributed by atoms with Crippen LogP contribution in [0.4, 0.5) is 0 Å². The highest BCUT2D eigenvalue weighted by molar-refractivity contribution is 8.03.